The van der Waals surface area contributed by atoms with Crippen LogP contribution in [0.5, 0.6) is 0 Å². The average molecular weight is 281 g/mol. The Balaban J connectivity index is 3.12. The van der Waals surface area contributed by atoms with Crippen molar-refractivity contribution in [1.29, 1.82) is 0 Å². The smallest absolute Gasteiger partial charge is 0.313 e. The van der Waals surface area contributed by atoms with E-state index in [9.17, 15) is 19.7 Å². The summed E-state index contributed by atoms with van der Waals surface area (Å²) in [5, 5.41) is 10.8. The fraction of sp³-hybridized carbons (Fsp3) is 0.571. The minimum Gasteiger partial charge on any atom is -0.466 e. The molecule has 1 aliphatic rings. The zero-order valence-electron chi connectivity index (χ0n) is 11.9. The van der Waals surface area contributed by atoms with E-state index in [4.69, 9.17) is 4.74 Å². The van der Waals surface area contributed by atoms with Crippen LogP contribution in [0.15, 0.2) is 23.4 Å². The maximum Gasteiger partial charge on any atom is 0.313 e. The van der Waals surface area contributed by atoms with Gasteiger partial charge < -0.3 is 4.74 Å². The highest BCUT2D eigenvalue weighted by atomic mass is 16.6. The molecule has 2 unspecified atom stereocenters. The van der Waals surface area contributed by atoms with Crippen LogP contribution in [0.4, 0.5) is 0 Å². The monoisotopic (exact) mass is 281 g/mol. The zero-order valence-corrected chi connectivity index (χ0v) is 11.9. The van der Waals surface area contributed by atoms with Gasteiger partial charge in [0.2, 0.25) is 5.70 Å². The molecule has 20 heavy (non-hydrogen) atoms. The van der Waals surface area contributed by atoms with Crippen LogP contribution < -0.4 is 0 Å². The van der Waals surface area contributed by atoms with Gasteiger partial charge in [0.1, 0.15) is 5.78 Å². The number of nitrogens with zero attached hydrogens (tertiary/aromatic N) is 1. The maximum atomic E-state index is 11.9. The summed E-state index contributed by atoms with van der Waals surface area (Å²) in [6, 6.07) is 0. The maximum absolute atomic E-state index is 11.9. The second kappa shape index (κ2) is 6.98. The summed E-state index contributed by atoms with van der Waals surface area (Å²) < 4.78 is 5.00. The second-order valence-corrected chi connectivity index (χ2v) is 4.66. The van der Waals surface area contributed by atoms with Gasteiger partial charge in [0.25, 0.3) is 0 Å². The minimum absolute atomic E-state index is 0.00679. The zero-order chi connectivity index (χ0) is 15.3. The lowest BCUT2D eigenvalue weighted by Gasteiger charge is -2.25. The molecule has 0 bridgehead atoms. The summed E-state index contributed by atoms with van der Waals surface area (Å²) in [5.41, 5.74) is 0.608. The van der Waals surface area contributed by atoms with Crippen LogP contribution in [-0.4, -0.2) is 23.3 Å². The summed E-state index contributed by atoms with van der Waals surface area (Å²) in [6.07, 6.45) is 3.43. The number of nitro groups is 1. The third kappa shape index (κ3) is 3.53. The van der Waals surface area contributed by atoms with E-state index in [1.807, 2.05) is 6.92 Å². The van der Waals surface area contributed by atoms with Gasteiger partial charge in [0, 0.05) is 12.0 Å². The van der Waals surface area contributed by atoms with Crippen molar-refractivity contribution in [1.82, 2.24) is 0 Å². The highest BCUT2D eigenvalue weighted by Gasteiger charge is 2.35. The summed E-state index contributed by atoms with van der Waals surface area (Å²) in [5.74, 6) is -1.69. The highest BCUT2D eigenvalue weighted by molar-refractivity contribution is 5.85. The normalized spacial score (nSPS) is 19.6. The molecule has 0 aromatic rings. The Hall–Kier alpha value is -1.98. The topological polar surface area (TPSA) is 86.5 Å². The molecule has 1 aliphatic carbocycles. The van der Waals surface area contributed by atoms with Gasteiger partial charge in [-0.1, -0.05) is 13.0 Å². The number of allylic oxidation sites excluding steroid dienone is 3. The average Bonchev–Trinajstić information content (AvgIpc) is 2.39. The fourth-order valence-corrected chi connectivity index (χ4v) is 2.36. The molecular weight excluding hydrogens is 262 g/mol. The number of carbonyl (C=O) groups excluding carboxylic acids is 2. The lowest BCUT2D eigenvalue weighted by molar-refractivity contribution is -0.428. The Morgan fingerprint density at radius 1 is 1.45 bits per heavy atom. The van der Waals surface area contributed by atoms with Crippen LogP contribution in [-0.2, 0) is 14.3 Å². The van der Waals surface area contributed by atoms with Gasteiger partial charge >= 0.3 is 5.97 Å². The molecule has 0 amide bonds. The molecule has 6 heteroatoms. The molecule has 0 saturated heterocycles. The first kappa shape index (κ1) is 16.1. The number of ether oxygens (including phenoxy) is 1. The van der Waals surface area contributed by atoms with Crippen LogP contribution in [0.2, 0.25) is 0 Å². The first-order valence-electron chi connectivity index (χ1n) is 6.64. The summed E-state index contributed by atoms with van der Waals surface area (Å²) in [4.78, 5) is 34.0. The molecule has 0 heterocycles. The Bertz CT molecular complexity index is 478. The molecule has 0 aromatic carbocycles. The van der Waals surface area contributed by atoms with E-state index in [1.54, 1.807) is 6.92 Å². The highest BCUT2D eigenvalue weighted by Crippen LogP contribution is 2.33. The van der Waals surface area contributed by atoms with E-state index in [1.165, 1.54) is 19.1 Å². The van der Waals surface area contributed by atoms with Crippen LogP contribution >= 0.6 is 0 Å². The third-order valence-corrected chi connectivity index (χ3v) is 3.39. The van der Waals surface area contributed by atoms with Crippen molar-refractivity contribution >= 4 is 11.8 Å². The standard InChI is InChI=1S/C14H19NO5/c1-4-11(14(17)20-5-2)12-7-6-10(15(18)19)8-13(12)9(3)16/h6-7,11,13H,4-5,8H2,1-3H3. The number of hydrogen-bond donors (Lipinski definition) is 0. The lowest BCUT2D eigenvalue weighted by Crippen LogP contribution is -2.29. The Labute approximate surface area is 117 Å². The molecule has 6 nitrogen and oxygen atoms in total. The van der Waals surface area contributed by atoms with E-state index in [0.717, 1.165) is 0 Å². The summed E-state index contributed by atoms with van der Waals surface area (Å²) in [6.45, 7) is 5.20. The number of carbonyl (C=O) groups is 2. The number of ketones is 1. The van der Waals surface area contributed by atoms with Crippen LogP contribution in [0, 0.1) is 22.0 Å². The van der Waals surface area contributed by atoms with Gasteiger partial charge in [-0.15, -0.1) is 0 Å². The molecule has 2 atom stereocenters. The van der Waals surface area contributed by atoms with Gasteiger partial charge in [0.15, 0.2) is 0 Å². The Kier molecular flexibility index (Phi) is 5.61. The SMILES string of the molecule is CCOC(=O)C(CC)C1=CC=C([N+](=O)[O-])CC1C(C)=O. The first-order chi connectivity index (χ1) is 9.42. The van der Waals surface area contributed by atoms with Gasteiger partial charge in [-0.3, -0.25) is 19.7 Å². The summed E-state index contributed by atoms with van der Waals surface area (Å²) >= 11 is 0. The van der Waals surface area contributed by atoms with Crippen molar-refractivity contribution < 1.29 is 19.2 Å². The lowest BCUT2D eigenvalue weighted by atomic mass is 9.79. The molecule has 0 N–H and O–H groups in total. The molecular formula is C14H19NO5. The van der Waals surface area contributed by atoms with Crippen LogP contribution in [0.25, 0.3) is 0 Å². The predicted molar refractivity (Wildman–Crippen MR) is 72.4 cm³/mol. The van der Waals surface area contributed by atoms with Gasteiger partial charge in [-0.05, 0) is 25.8 Å². The number of Topliss-reactive ketones (excluding diaryl/α,β-unsaturated/α-hetero) is 1. The van der Waals surface area contributed by atoms with E-state index >= 15 is 0 Å². The van der Waals surface area contributed by atoms with E-state index in [0.29, 0.717) is 12.0 Å². The molecule has 0 radical (unpaired) electrons. The van der Waals surface area contributed by atoms with Gasteiger partial charge in [-0.25, -0.2) is 0 Å². The van der Waals surface area contributed by atoms with Crippen LogP contribution in [0.1, 0.15) is 33.6 Å². The first-order valence-corrected chi connectivity index (χ1v) is 6.64. The minimum atomic E-state index is -0.616. The van der Waals surface area contributed by atoms with Gasteiger partial charge in [-0.2, -0.15) is 0 Å². The number of esters is 1. The van der Waals surface area contributed by atoms with E-state index < -0.39 is 16.8 Å². The molecule has 0 saturated carbocycles. The molecule has 0 spiro atoms. The van der Waals surface area contributed by atoms with Crippen molar-refractivity contribution in [2.45, 2.75) is 33.6 Å². The Morgan fingerprint density at radius 2 is 2.10 bits per heavy atom. The van der Waals surface area contributed by atoms with Crippen molar-refractivity contribution in [2.24, 2.45) is 11.8 Å². The largest absolute Gasteiger partial charge is 0.466 e. The second-order valence-electron chi connectivity index (χ2n) is 4.66. The van der Waals surface area contributed by atoms with Crippen molar-refractivity contribution in [3.8, 4) is 0 Å². The van der Waals surface area contributed by atoms with E-state index in [-0.39, 0.29) is 30.5 Å². The molecule has 0 fully saturated rings. The molecule has 1 rings (SSSR count). The van der Waals surface area contributed by atoms with Crippen LogP contribution in [0.3, 0.4) is 0 Å². The predicted octanol–water partition coefficient (Wildman–Crippen LogP) is 2.27. The quantitative estimate of drug-likeness (QED) is 0.423. The van der Waals surface area contributed by atoms with Gasteiger partial charge in [0.05, 0.1) is 23.9 Å². The molecule has 0 aromatic heterocycles. The van der Waals surface area contributed by atoms with Crippen molar-refractivity contribution in [3.05, 3.63) is 33.5 Å². The Morgan fingerprint density at radius 3 is 2.55 bits per heavy atom. The van der Waals surface area contributed by atoms with Crippen molar-refractivity contribution in [3.63, 3.8) is 0 Å². The summed E-state index contributed by atoms with van der Waals surface area (Å²) in [7, 11) is 0. The van der Waals surface area contributed by atoms with E-state index in [2.05, 4.69) is 0 Å². The molecule has 0 aliphatic heterocycles. The fourth-order valence-electron chi connectivity index (χ4n) is 2.36. The molecule has 110 valence electrons. The van der Waals surface area contributed by atoms with Crippen molar-refractivity contribution in [2.75, 3.05) is 6.61 Å². The number of rotatable bonds is 6. The number of hydrogen-bond acceptors (Lipinski definition) is 5. The third-order valence-electron chi connectivity index (χ3n) is 3.39.